The Bertz CT molecular complexity index is 564. The Labute approximate surface area is 111 Å². The molecule has 0 heterocycles. The van der Waals surface area contributed by atoms with Crippen LogP contribution >= 0.6 is 0 Å². The molecular weight excluding hydrogens is 244 g/mol. The third-order valence-electron chi connectivity index (χ3n) is 2.66. The van der Waals surface area contributed by atoms with Crippen molar-refractivity contribution in [2.75, 3.05) is 7.11 Å². The van der Waals surface area contributed by atoms with E-state index >= 15 is 0 Å². The number of carboxylic acid groups (broad SMARTS) is 1. The third kappa shape index (κ3) is 3.25. The number of aromatic carboxylic acids is 1. The van der Waals surface area contributed by atoms with E-state index < -0.39 is 5.97 Å². The van der Waals surface area contributed by atoms with E-state index in [0.29, 0.717) is 18.1 Å². The van der Waals surface area contributed by atoms with Crippen LogP contribution in [0.5, 0.6) is 11.5 Å². The molecule has 0 atom stereocenters. The second-order valence-electron chi connectivity index (χ2n) is 3.94. The Hall–Kier alpha value is -2.49. The van der Waals surface area contributed by atoms with Crippen LogP contribution in [0.25, 0.3) is 0 Å². The van der Waals surface area contributed by atoms with Crippen LogP contribution in [0.1, 0.15) is 15.9 Å². The summed E-state index contributed by atoms with van der Waals surface area (Å²) in [5.74, 6) is -0.158. The molecule has 4 nitrogen and oxygen atoms in total. The standard InChI is InChI=1S/C15H14O4/c1-18-12-7-8-13(15(16)17)14(9-12)19-10-11-5-3-2-4-6-11/h2-9H,10H2,1H3,(H,16,17). The summed E-state index contributed by atoms with van der Waals surface area (Å²) in [7, 11) is 1.52. The van der Waals surface area contributed by atoms with Gasteiger partial charge in [-0.3, -0.25) is 0 Å². The zero-order chi connectivity index (χ0) is 13.7. The van der Waals surface area contributed by atoms with Crippen LogP contribution in [0.15, 0.2) is 48.5 Å². The molecule has 0 aliphatic carbocycles. The number of methoxy groups -OCH3 is 1. The first-order valence-corrected chi connectivity index (χ1v) is 5.79. The van der Waals surface area contributed by atoms with Crippen LogP contribution in [0.3, 0.4) is 0 Å². The average molecular weight is 258 g/mol. The quantitative estimate of drug-likeness (QED) is 0.895. The molecule has 1 N–H and O–H groups in total. The normalized spacial score (nSPS) is 9.95. The molecule has 0 fully saturated rings. The first kappa shape index (κ1) is 13.0. The molecule has 2 aromatic carbocycles. The molecule has 0 unspecified atom stereocenters. The van der Waals surface area contributed by atoms with Gasteiger partial charge >= 0.3 is 5.97 Å². The molecule has 0 saturated carbocycles. The van der Waals surface area contributed by atoms with E-state index in [2.05, 4.69) is 0 Å². The van der Waals surface area contributed by atoms with Crippen LogP contribution in [-0.4, -0.2) is 18.2 Å². The molecule has 0 amide bonds. The summed E-state index contributed by atoms with van der Waals surface area (Å²) in [4.78, 5) is 11.1. The number of ether oxygens (including phenoxy) is 2. The van der Waals surface area contributed by atoms with E-state index in [1.807, 2.05) is 30.3 Å². The molecule has 98 valence electrons. The van der Waals surface area contributed by atoms with Gasteiger partial charge < -0.3 is 14.6 Å². The van der Waals surface area contributed by atoms with Crippen molar-refractivity contribution in [3.05, 3.63) is 59.7 Å². The molecule has 0 bridgehead atoms. The van der Waals surface area contributed by atoms with Crippen LogP contribution in [-0.2, 0) is 6.61 Å². The number of benzene rings is 2. The lowest BCUT2D eigenvalue weighted by Gasteiger charge is -2.10. The molecule has 2 aromatic rings. The van der Waals surface area contributed by atoms with Gasteiger partial charge in [0, 0.05) is 6.07 Å². The van der Waals surface area contributed by atoms with E-state index in [0.717, 1.165) is 5.56 Å². The molecule has 0 aliphatic heterocycles. The maximum atomic E-state index is 11.1. The molecular formula is C15H14O4. The highest BCUT2D eigenvalue weighted by Gasteiger charge is 2.12. The predicted molar refractivity (Wildman–Crippen MR) is 70.7 cm³/mol. The topological polar surface area (TPSA) is 55.8 Å². The maximum Gasteiger partial charge on any atom is 0.339 e. The summed E-state index contributed by atoms with van der Waals surface area (Å²) < 4.78 is 10.6. The first-order valence-electron chi connectivity index (χ1n) is 5.79. The summed E-state index contributed by atoms with van der Waals surface area (Å²) in [6.07, 6.45) is 0. The highest BCUT2D eigenvalue weighted by molar-refractivity contribution is 5.91. The van der Waals surface area contributed by atoms with E-state index in [1.54, 1.807) is 12.1 Å². The van der Waals surface area contributed by atoms with Gasteiger partial charge in [0.25, 0.3) is 0 Å². The Balaban J connectivity index is 2.20. The SMILES string of the molecule is COc1ccc(C(=O)O)c(OCc2ccccc2)c1. The summed E-state index contributed by atoms with van der Waals surface area (Å²) in [6.45, 7) is 0.314. The molecule has 0 saturated heterocycles. The minimum absolute atomic E-state index is 0.122. The lowest BCUT2D eigenvalue weighted by Crippen LogP contribution is -2.03. The Morgan fingerprint density at radius 3 is 2.53 bits per heavy atom. The van der Waals surface area contributed by atoms with Crippen molar-refractivity contribution >= 4 is 5.97 Å². The van der Waals surface area contributed by atoms with E-state index in [1.165, 1.54) is 13.2 Å². The van der Waals surface area contributed by atoms with Crippen molar-refractivity contribution in [1.82, 2.24) is 0 Å². The van der Waals surface area contributed by atoms with Crippen LogP contribution in [0.4, 0.5) is 0 Å². The molecule has 0 spiro atoms. The molecule has 19 heavy (non-hydrogen) atoms. The summed E-state index contributed by atoms with van der Waals surface area (Å²) >= 11 is 0. The second kappa shape index (κ2) is 5.91. The zero-order valence-electron chi connectivity index (χ0n) is 10.5. The van der Waals surface area contributed by atoms with Crippen molar-refractivity contribution in [2.24, 2.45) is 0 Å². The van der Waals surface area contributed by atoms with E-state index in [-0.39, 0.29) is 5.56 Å². The first-order chi connectivity index (χ1) is 9.20. The fraction of sp³-hybridized carbons (Fsp3) is 0.133. The fourth-order valence-corrected chi connectivity index (χ4v) is 1.66. The smallest absolute Gasteiger partial charge is 0.339 e. The van der Waals surface area contributed by atoms with Gasteiger partial charge in [0.15, 0.2) is 0 Å². The van der Waals surface area contributed by atoms with Gasteiger partial charge in [-0.05, 0) is 17.7 Å². The van der Waals surface area contributed by atoms with Gasteiger partial charge in [-0.2, -0.15) is 0 Å². The summed E-state index contributed by atoms with van der Waals surface area (Å²) in [5.41, 5.74) is 1.10. The fourth-order valence-electron chi connectivity index (χ4n) is 1.66. The number of carboxylic acids is 1. The third-order valence-corrected chi connectivity index (χ3v) is 2.66. The van der Waals surface area contributed by atoms with Gasteiger partial charge in [-0.25, -0.2) is 4.79 Å². The largest absolute Gasteiger partial charge is 0.497 e. The predicted octanol–water partition coefficient (Wildman–Crippen LogP) is 2.97. The molecule has 2 rings (SSSR count). The average Bonchev–Trinajstić information content (AvgIpc) is 2.45. The lowest BCUT2D eigenvalue weighted by atomic mass is 10.2. The maximum absolute atomic E-state index is 11.1. The van der Waals surface area contributed by atoms with Crippen LogP contribution in [0, 0.1) is 0 Å². The second-order valence-corrected chi connectivity index (χ2v) is 3.94. The summed E-state index contributed by atoms with van der Waals surface area (Å²) in [6, 6.07) is 14.2. The number of rotatable bonds is 5. The highest BCUT2D eigenvalue weighted by Crippen LogP contribution is 2.25. The van der Waals surface area contributed by atoms with Gasteiger partial charge in [0.05, 0.1) is 7.11 Å². The van der Waals surface area contributed by atoms with Gasteiger partial charge in [0.2, 0.25) is 0 Å². The number of carbonyl (C=O) groups is 1. The van der Waals surface area contributed by atoms with Gasteiger partial charge in [0.1, 0.15) is 23.7 Å². The van der Waals surface area contributed by atoms with Crippen LogP contribution < -0.4 is 9.47 Å². The minimum Gasteiger partial charge on any atom is -0.497 e. The molecule has 4 heteroatoms. The van der Waals surface area contributed by atoms with Crippen molar-refractivity contribution in [2.45, 2.75) is 6.61 Å². The lowest BCUT2D eigenvalue weighted by molar-refractivity contribution is 0.0691. The van der Waals surface area contributed by atoms with E-state index in [9.17, 15) is 4.79 Å². The molecule has 0 radical (unpaired) electrons. The Kier molecular flexibility index (Phi) is 4.03. The molecule has 0 aliphatic rings. The minimum atomic E-state index is -1.02. The van der Waals surface area contributed by atoms with Crippen molar-refractivity contribution < 1.29 is 19.4 Å². The van der Waals surface area contributed by atoms with Crippen molar-refractivity contribution in [3.8, 4) is 11.5 Å². The Morgan fingerprint density at radius 2 is 1.89 bits per heavy atom. The zero-order valence-corrected chi connectivity index (χ0v) is 10.5. The van der Waals surface area contributed by atoms with Crippen molar-refractivity contribution in [3.63, 3.8) is 0 Å². The Morgan fingerprint density at radius 1 is 1.16 bits per heavy atom. The number of hydrogen-bond acceptors (Lipinski definition) is 3. The summed E-state index contributed by atoms with van der Waals surface area (Å²) in [5, 5.41) is 9.11. The highest BCUT2D eigenvalue weighted by atomic mass is 16.5. The van der Waals surface area contributed by atoms with E-state index in [4.69, 9.17) is 14.6 Å². The van der Waals surface area contributed by atoms with Crippen LogP contribution in [0.2, 0.25) is 0 Å². The monoisotopic (exact) mass is 258 g/mol. The van der Waals surface area contributed by atoms with Gasteiger partial charge in [-0.1, -0.05) is 30.3 Å². The van der Waals surface area contributed by atoms with Gasteiger partial charge in [-0.15, -0.1) is 0 Å². The number of hydrogen-bond donors (Lipinski definition) is 1. The molecule has 0 aromatic heterocycles. The van der Waals surface area contributed by atoms with Crippen molar-refractivity contribution in [1.29, 1.82) is 0 Å².